The van der Waals surface area contributed by atoms with E-state index in [1.54, 1.807) is 24.3 Å². The van der Waals surface area contributed by atoms with Gasteiger partial charge in [0.05, 0.1) is 4.92 Å². The molecule has 1 N–H and O–H groups in total. The van der Waals surface area contributed by atoms with Crippen molar-refractivity contribution in [3.05, 3.63) is 63.7 Å². The van der Waals surface area contributed by atoms with Crippen LogP contribution in [0, 0.1) is 17.0 Å². The van der Waals surface area contributed by atoms with Gasteiger partial charge in [-0.25, -0.2) is 0 Å². The molecule has 0 radical (unpaired) electrons. The Kier molecular flexibility index (Phi) is 4.32. The number of nitro groups is 1. The Balaban J connectivity index is 2.25. The normalized spacial score (nSPS) is 10.3. The molecule has 0 saturated heterocycles. The van der Waals surface area contributed by atoms with E-state index in [2.05, 4.69) is 5.32 Å². The summed E-state index contributed by atoms with van der Waals surface area (Å²) in [5, 5.41) is 14.0. The Bertz CT molecular complexity index is 609. The van der Waals surface area contributed by atoms with Gasteiger partial charge in [-0.3, -0.25) is 10.1 Å². The van der Waals surface area contributed by atoms with Gasteiger partial charge in [-0.1, -0.05) is 18.2 Å². The van der Waals surface area contributed by atoms with Crippen LogP contribution in [0.2, 0.25) is 0 Å². The van der Waals surface area contributed by atoms with Crippen LogP contribution in [0.15, 0.2) is 42.5 Å². The summed E-state index contributed by atoms with van der Waals surface area (Å²) in [5.41, 5.74) is 2.01. The lowest BCUT2D eigenvalue weighted by Gasteiger charge is -2.08. The smallest absolute Gasteiger partial charge is 0.311 e. The molecule has 2 rings (SSSR count). The van der Waals surface area contributed by atoms with Gasteiger partial charge < -0.3 is 10.1 Å². The number of nitrogens with one attached hydrogen (secondary N) is 1. The molecule has 0 spiro atoms. The Hall–Kier alpha value is -2.40. The van der Waals surface area contributed by atoms with Crippen molar-refractivity contribution in [3.63, 3.8) is 0 Å². The number of ether oxygens (including phenoxy) is 1. The molecular weight excluding hydrogens is 256 g/mol. The number of benzene rings is 2. The summed E-state index contributed by atoms with van der Waals surface area (Å²) < 4.78 is 5.62. The van der Waals surface area contributed by atoms with Gasteiger partial charge in [0, 0.05) is 12.6 Å². The van der Waals surface area contributed by atoms with E-state index in [0.717, 1.165) is 17.7 Å². The zero-order valence-corrected chi connectivity index (χ0v) is 11.4. The number of aryl methyl sites for hydroxylation is 1. The van der Waals surface area contributed by atoms with Gasteiger partial charge in [-0.2, -0.15) is 0 Å². The average molecular weight is 272 g/mol. The number of hydrogen-bond donors (Lipinski definition) is 1. The molecule has 20 heavy (non-hydrogen) atoms. The van der Waals surface area contributed by atoms with Crippen LogP contribution in [0.3, 0.4) is 0 Å². The fourth-order valence-corrected chi connectivity index (χ4v) is 1.86. The predicted octanol–water partition coefficient (Wildman–Crippen LogP) is 3.41. The van der Waals surface area contributed by atoms with Crippen molar-refractivity contribution in [1.82, 2.24) is 5.32 Å². The standard InChI is InChI=1S/C15H16N2O3/c1-11-3-8-14(17(18)19)15(9-11)20-13-6-4-12(5-7-13)10-16-2/h3-9,16H,10H2,1-2H3. The van der Waals surface area contributed by atoms with Gasteiger partial charge in [-0.05, 0) is 43.3 Å². The lowest BCUT2D eigenvalue weighted by molar-refractivity contribution is -0.385. The molecule has 2 aromatic rings. The highest BCUT2D eigenvalue weighted by molar-refractivity contribution is 5.50. The summed E-state index contributed by atoms with van der Waals surface area (Å²) in [6, 6.07) is 12.3. The van der Waals surface area contributed by atoms with Crippen LogP contribution in [0.4, 0.5) is 5.69 Å². The van der Waals surface area contributed by atoms with Crippen LogP contribution in [0.25, 0.3) is 0 Å². The van der Waals surface area contributed by atoms with Crippen molar-refractivity contribution in [2.75, 3.05) is 7.05 Å². The fourth-order valence-electron chi connectivity index (χ4n) is 1.86. The second-order valence-electron chi connectivity index (χ2n) is 4.50. The first kappa shape index (κ1) is 14.0. The van der Waals surface area contributed by atoms with Crippen molar-refractivity contribution < 1.29 is 9.66 Å². The highest BCUT2D eigenvalue weighted by atomic mass is 16.6. The van der Waals surface area contributed by atoms with E-state index in [4.69, 9.17) is 4.74 Å². The second-order valence-corrected chi connectivity index (χ2v) is 4.50. The summed E-state index contributed by atoms with van der Waals surface area (Å²) in [7, 11) is 1.88. The fraction of sp³-hybridized carbons (Fsp3) is 0.200. The van der Waals surface area contributed by atoms with E-state index in [1.165, 1.54) is 6.07 Å². The van der Waals surface area contributed by atoms with Gasteiger partial charge in [0.2, 0.25) is 5.75 Å². The number of rotatable bonds is 5. The van der Waals surface area contributed by atoms with Crippen molar-refractivity contribution in [2.24, 2.45) is 0 Å². The van der Waals surface area contributed by atoms with Gasteiger partial charge >= 0.3 is 5.69 Å². The zero-order chi connectivity index (χ0) is 14.5. The molecule has 0 aliphatic heterocycles. The molecule has 0 bridgehead atoms. The summed E-state index contributed by atoms with van der Waals surface area (Å²) in [6.45, 7) is 2.64. The van der Waals surface area contributed by atoms with Crippen molar-refractivity contribution in [3.8, 4) is 11.5 Å². The van der Waals surface area contributed by atoms with Crippen molar-refractivity contribution in [2.45, 2.75) is 13.5 Å². The quantitative estimate of drug-likeness (QED) is 0.669. The third-order valence-electron chi connectivity index (χ3n) is 2.84. The van der Waals surface area contributed by atoms with Crippen LogP contribution < -0.4 is 10.1 Å². The minimum absolute atomic E-state index is 0.0325. The van der Waals surface area contributed by atoms with Crippen LogP contribution >= 0.6 is 0 Å². The molecule has 0 aliphatic carbocycles. The summed E-state index contributed by atoms with van der Waals surface area (Å²) in [6.07, 6.45) is 0. The van der Waals surface area contributed by atoms with E-state index in [9.17, 15) is 10.1 Å². The lowest BCUT2D eigenvalue weighted by Crippen LogP contribution is -2.04. The minimum Gasteiger partial charge on any atom is -0.450 e. The predicted molar refractivity (Wildman–Crippen MR) is 77.1 cm³/mol. The van der Waals surface area contributed by atoms with Crippen LogP contribution in [-0.2, 0) is 6.54 Å². The topological polar surface area (TPSA) is 64.4 Å². The molecule has 5 heteroatoms. The molecule has 2 aromatic carbocycles. The Labute approximate surface area is 117 Å². The van der Waals surface area contributed by atoms with Crippen molar-refractivity contribution >= 4 is 5.69 Å². The van der Waals surface area contributed by atoms with Crippen LogP contribution in [-0.4, -0.2) is 12.0 Å². The molecule has 0 fully saturated rings. The highest BCUT2D eigenvalue weighted by Crippen LogP contribution is 2.32. The maximum atomic E-state index is 11.0. The Morgan fingerprint density at radius 1 is 1.20 bits per heavy atom. The van der Waals surface area contributed by atoms with E-state index in [0.29, 0.717) is 5.75 Å². The van der Waals surface area contributed by atoms with Crippen LogP contribution in [0.5, 0.6) is 11.5 Å². The monoisotopic (exact) mass is 272 g/mol. The highest BCUT2D eigenvalue weighted by Gasteiger charge is 2.15. The molecule has 0 unspecified atom stereocenters. The van der Waals surface area contributed by atoms with Crippen LogP contribution in [0.1, 0.15) is 11.1 Å². The maximum absolute atomic E-state index is 11.0. The first-order valence-corrected chi connectivity index (χ1v) is 6.26. The maximum Gasteiger partial charge on any atom is 0.311 e. The van der Waals surface area contributed by atoms with Gasteiger partial charge in [0.15, 0.2) is 0 Å². The lowest BCUT2D eigenvalue weighted by atomic mass is 10.2. The summed E-state index contributed by atoms with van der Waals surface area (Å²) in [5.74, 6) is 0.843. The van der Waals surface area contributed by atoms with E-state index in [1.807, 2.05) is 26.1 Å². The SMILES string of the molecule is CNCc1ccc(Oc2cc(C)ccc2[N+](=O)[O-])cc1. The van der Waals surface area contributed by atoms with E-state index >= 15 is 0 Å². The largest absolute Gasteiger partial charge is 0.450 e. The molecular formula is C15H16N2O3. The first-order chi connectivity index (χ1) is 9.60. The second kappa shape index (κ2) is 6.16. The molecule has 0 aromatic heterocycles. The van der Waals surface area contributed by atoms with Gasteiger partial charge in [-0.15, -0.1) is 0 Å². The Morgan fingerprint density at radius 2 is 1.90 bits per heavy atom. The molecule has 104 valence electrons. The summed E-state index contributed by atoms with van der Waals surface area (Å²) >= 11 is 0. The van der Waals surface area contributed by atoms with E-state index in [-0.39, 0.29) is 11.4 Å². The third-order valence-corrected chi connectivity index (χ3v) is 2.84. The Morgan fingerprint density at radius 3 is 2.50 bits per heavy atom. The minimum atomic E-state index is -0.440. The number of hydrogen-bond acceptors (Lipinski definition) is 4. The molecule has 5 nitrogen and oxygen atoms in total. The van der Waals surface area contributed by atoms with Crippen molar-refractivity contribution in [1.29, 1.82) is 0 Å². The van der Waals surface area contributed by atoms with Gasteiger partial charge in [0.1, 0.15) is 5.75 Å². The molecule has 0 atom stereocenters. The molecule has 0 aliphatic rings. The van der Waals surface area contributed by atoms with E-state index < -0.39 is 4.92 Å². The summed E-state index contributed by atoms with van der Waals surface area (Å²) in [4.78, 5) is 10.5. The molecule has 0 heterocycles. The third kappa shape index (κ3) is 3.33. The number of nitro benzene ring substituents is 1. The average Bonchev–Trinajstić information content (AvgIpc) is 2.41. The first-order valence-electron chi connectivity index (χ1n) is 6.26. The molecule has 0 amide bonds. The van der Waals surface area contributed by atoms with Gasteiger partial charge in [0.25, 0.3) is 0 Å². The number of nitrogens with zero attached hydrogens (tertiary/aromatic N) is 1. The zero-order valence-electron chi connectivity index (χ0n) is 11.4. The molecule has 0 saturated carbocycles.